The van der Waals surface area contributed by atoms with Crippen molar-refractivity contribution < 1.29 is 4.39 Å². The molecule has 7 rings (SSSR count). The van der Waals surface area contributed by atoms with E-state index >= 15 is 0 Å². The number of rotatable bonds is 2. The van der Waals surface area contributed by atoms with Crippen molar-refractivity contribution in [3.8, 4) is 22.9 Å². The van der Waals surface area contributed by atoms with Gasteiger partial charge in [0.05, 0.1) is 0 Å². The minimum atomic E-state index is -1.75. The molecule has 0 radical (unpaired) electrons. The Bertz CT molecular complexity index is 1700. The van der Waals surface area contributed by atoms with Crippen LogP contribution in [0.3, 0.4) is 0 Å². The lowest BCUT2D eigenvalue weighted by atomic mass is 9.90. The van der Waals surface area contributed by atoms with Gasteiger partial charge in [0, 0.05) is 37.9 Å². The number of thioether (sulfide) groups is 1. The standard InChI is InChI=1S/C38H43FS2Si2/c1-42(2,28-11-7-5-8-12-28)19-16-30-32-21-26-15-18-40-36(26)24-34(32)31(17-20-43(3,4)29-13-9-6-10-14-29)33-22-27-23-38(39)41-37(27)25-35(30)33/h15,18,21-22,24-25,28-29,38H,5-14,23H2,1-4H3. The Morgan fingerprint density at radius 2 is 1.23 bits per heavy atom. The van der Waals surface area contributed by atoms with Gasteiger partial charge in [-0.25, -0.2) is 4.39 Å². The third-order valence-electron chi connectivity index (χ3n) is 10.8. The second-order valence-electron chi connectivity index (χ2n) is 14.5. The molecular formula is C38H43FS2Si2. The summed E-state index contributed by atoms with van der Waals surface area (Å²) >= 11 is 3.18. The van der Waals surface area contributed by atoms with Crippen molar-refractivity contribution in [2.75, 3.05) is 0 Å². The molecule has 0 saturated heterocycles. The first-order chi connectivity index (χ1) is 20.7. The largest absolute Gasteiger partial charge is 0.235 e. The molecule has 0 bridgehead atoms. The molecule has 3 aliphatic rings. The second kappa shape index (κ2) is 11.7. The summed E-state index contributed by atoms with van der Waals surface area (Å²) in [5.41, 5.74) is 12.0. The Morgan fingerprint density at radius 3 is 1.84 bits per heavy atom. The Balaban J connectivity index is 1.48. The molecule has 43 heavy (non-hydrogen) atoms. The summed E-state index contributed by atoms with van der Waals surface area (Å²) in [6.07, 6.45) is 14.0. The molecule has 0 nitrogen and oxygen atoms in total. The minimum absolute atomic E-state index is 0.482. The van der Waals surface area contributed by atoms with Crippen molar-refractivity contribution >= 4 is 70.9 Å². The van der Waals surface area contributed by atoms with E-state index in [9.17, 15) is 4.39 Å². The van der Waals surface area contributed by atoms with E-state index in [2.05, 4.69) is 84.8 Å². The van der Waals surface area contributed by atoms with Gasteiger partial charge in [-0.05, 0) is 68.5 Å². The lowest BCUT2D eigenvalue weighted by molar-refractivity contribution is 0.458. The monoisotopic (exact) mass is 638 g/mol. The molecule has 1 atom stereocenters. The van der Waals surface area contributed by atoms with Crippen LogP contribution in [-0.2, 0) is 6.42 Å². The van der Waals surface area contributed by atoms with Gasteiger partial charge in [-0.1, -0.05) is 114 Å². The topological polar surface area (TPSA) is 0 Å². The normalized spacial score (nSPS) is 20.2. The van der Waals surface area contributed by atoms with E-state index in [0.717, 1.165) is 32.7 Å². The summed E-state index contributed by atoms with van der Waals surface area (Å²) in [5.74, 6) is 7.71. The smallest absolute Gasteiger partial charge is 0.154 e. The van der Waals surface area contributed by atoms with Crippen LogP contribution in [0, 0.1) is 22.9 Å². The highest BCUT2D eigenvalue weighted by atomic mass is 32.2. The predicted molar refractivity (Wildman–Crippen MR) is 194 cm³/mol. The molecule has 2 heterocycles. The molecule has 5 heteroatoms. The van der Waals surface area contributed by atoms with Crippen LogP contribution in [0.15, 0.2) is 40.6 Å². The molecular weight excluding hydrogens is 596 g/mol. The van der Waals surface area contributed by atoms with Crippen LogP contribution in [-0.4, -0.2) is 21.7 Å². The lowest BCUT2D eigenvalue weighted by Gasteiger charge is -2.31. The number of thiophene rings is 1. The zero-order valence-electron chi connectivity index (χ0n) is 26.2. The van der Waals surface area contributed by atoms with Crippen LogP contribution in [0.1, 0.15) is 80.9 Å². The van der Waals surface area contributed by atoms with Gasteiger partial charge in [-0.2, -0.15) is 0 Å². The maximum atomic E-state index is 14.7. The van der Waals surface area contributed by atoms with Crippen LogP contribution < -0.4 is 0 Å². The van der Waals surface area contributed by atoms with Crippen LogP contribution >= 0.6 is 23.1 Å². The molecule has 2 fully saturated rings. The maximum Gasteiger partial charge on any atom is 0.154 e. The van der Waals surface area contributed by atoms with Gasteiger partial charge in [-0.15, -0.1) is 22.4 Å². The molecule has 222 valence electrons. The van der Waals surface area contributed by atoms with Crippen molar-refractivity contribution in [3.05, 3.63) is 52.4 Å². The average molecular weight is 639 g/mol. The van der Waals surface area contributed by atoms with Crippen molar-refractivity contribution in [3.63, 3.8) is 0 Å². The summed E-state index contributed by atoms with van der Waals surface area (Å²) in [6, 6.07) is 11.5. The van der Waals surface area contributed by atoms with E-state index in [1.54, 1.807) is 11.3 Å². The molecule has 0 amide bonds. The molecule has 0 N–H and O–H groups in total. The summed E-state index contributed by atoms with van der Waals surface area (Å²) in [6.45, 7) is 9.93. The summed E-state index contributed by atoms with van der Waals surface area (Å²) in [4.78, 5) is 1.08. The zero-order chi connectivity index (χ0) is 29.8. The van der Waals surface area contributed by atoms with Crippen LogP contribution in [0.4, 0.5) is 4.39 Å². The Labute approximate surface area is 267 Å². The fraction of sp³-hybridized carbons (Fsp3) is 0.474. The highest BCUT2D eigenvalue weighted by Crippen LogP contribution is 2.44. The summed E-state index contributed by atoms with van der Waals surface area (Å²) in [7, 11) is -3.50. The minimum Gasteiger partial charge on any atom is -0.235 e. The first-order valence-electron chi connectivity index (χ1n) is 16.5. The van der Waals surface area contributed by atoms with Crippen molar-refractivity contribution in [1.29, 1.82) is 0 Å². The Kier molecular flexibility index (Phi) is 8.09. The third kappa shape index (κ3) is 5.77. The second-order valence-corrected chi connectivity index (χ2v) is 25.6. The molecule has 1 aliphatic heterocycles. The van der Waals surface area contributed by atoms with Gasteiger partial charge in [-0.3, -0.25) is 0 Å². The number of halogens is 1. The fourth-order valence-electron chi connectivity index (χ4n) is 7.94. The molecule has 2 saturated carbocycles. The van der Waals surface area contributed by atoms with Gasteiger partial charge in [0.2, 0.25) is 0 Å². The molecule has 4 aromatic rings. The van der Waals surface area contributed by atoms with Gasteiger partial charge in [0.25, 0.3) is 0 Å². The first kappa shape index (κ1) is 29.7. The Morgan fingerprint density at radius 1 is 0.698 bits per heavy atom. The number of hydrogen-bond acceptors (Lipinski definition) is 2. The van der Waals surface area contributed by atoms with Gasteiger partial charge >= 0.3 is 0 Å². The molecule has 0 spiro atoms. The fourth-order valence-corrected chi connectivity index (χ4v) is 14.8. The van der Waals surface area contributed by atoms with E-state index in [4.69, 9.17) is 0 Å². The van der Waals surface area contributed by atoms with Gasteiger partial charge in [0.15, 0.2) is 5.50 Å². The van der Waals surface area contributed by atoms with Crippen molar-refractivity contribution in [2.45, 2.75) is 118 Å². The molecule has 3 aromatic carbocycles. The quantitative estimate of drug-likeness (QED) is 0.120. The average Bonchev–Trinajstić information content (AvgIpc) is 3.62. The van der Waals surface area contributed by atoms with E-state index in [-0.39, 0.29) is 0 Å². The highest BCUT2D eigenvalue weighted by Gasteiger charge is 2.33. The number of fused-ring (bicyclic) bond motifs is 4. The van der Waals surface area contributed by atoms with E-state index in [0.29, 0.717) is 6.42 Å². The molecule has 1 unspecified atom stereocenters. The zero-order valence-corrected chi connectivity index (χ0v) is 29.8. The predicted octanol–water partition coefficient (Wildman–Crippen LogP) is 12.0. The van der Waals surface area contributed by atoms with Crippen LogP contribution in [0.5, 0.6) is 0 Å². The number of benzene rings is 3. The van der Waals surface area contributed by atoms with Gasteiger partial charge < -0.3 is 0 Å². The van der Waals surface area contributed by atoms with Crippen molar-refractivity contribution in [1.82, 2.24) is 0 Å². The third-order valence-corrected chi connectivity index (χ3v) is 19.5. The van der Waals surface area contributed by atoms with E-state index in [1.807, 2.05) is 0 Å². The highest BCUT2D eigenvalue weighted by molar-refractivity contribution is 8.00. The summed E-state index contributed by atoms with van der Waals surface area (Å²) in [5, 5.41) is 8.28. The SMILES string of the molecule is C[Si](C)(C#Cc1c2cc3c(cc2c(C#C[Si](C)(C)C2CCCCC2)c2cc4sccc4cc12)CC(F)S3)C1CCCCC1. The Hall–Kier alpha value is -2.03. The number of alkyl halides is 1. The number of hydrogen-bond donors (Lipinski definition) is 0. The van der Waals surface area contributed by atoms with Crippen LogP contribution in [0.2, 0.25) is 37.3 Å². The van der Waals surface area contributed by atoms with E-state index in [1.165, 1.54) is 108 Å². The maximum absolute atomic E-state index is 14.7. The lowest BCUT2D eigenvalue weighted by Crippen LogP contribution is -2.32. The first-order valence-corrected chi connectivity index (χ1v) is 24.4. The van der Waals surface area contributed by atoms with Crippen LogP contribution in [0.25, 0.3) is 31.6 Å². The van der Waals surface area contributed by atoms with Crippen molar-refractivity contribution in [2.24, 2.45) is 0 Å². The summed E-state index contributed by atoms with van der Waals surface area (Å²) < 4.78 is 16.0. The van der Waals surface area contributed by atoms with E-state index < -0.39 is 21.7 Å². The molecule has 2 aliphatic carbocycles. The van der Waals surface area contributed by atoms with Gasteiger partial charge in [0.1, 0.15) is 16.1 Å². The molecule has 1 aromatic heterocycles.